The molecule has 1 unspecified atom stereocenters. The maximum Gasteiger partial charge on any atom is 0.257 e. The van der Waals surface area contributed by atoms with Crippen molar-refractivity contribution in [3.63, 3.8) is 0 Å². The quantitative estimate of drug-likeness (QED) is 0.821. The molecule has 0 saturated carbocycles. The monoisotopic (exact) mass is 245 g/mol. The van der Waals surface area contributed by atoms with Gasteiger partial charge in [-0.25, -0.2) is 18.1 Å². The van der Waals surface area contributed by atoms with E-state index in [4.69, 9.17) is 0 Å². The van der Waals surface area contributed by atoms with Crippen LogP contribution in [0.15, 0.2) is 11.2 Å². The summed E-state index contributed by atoms with van der Waals surface area (Å²) < 4.78 is 26.4. The second-order valence-electron chi connectivity index (χ2n) is 4.20. The number of aromatic amines is 1. The third-order valence-corrected chi connectivity index (χ3v) is 4.04. The molecule has 6 heteroatoms. The van der Waals surface area contributed by atoms with Crippen molar-refractivity contribution in [1.82, 2.24) is 14.7 Å². The van der Waals surface area contributed by atoms with E-state index in [-0.39, 0.29) is 17.0 Å². The van der Waals surface area contributed by atoms with Gasteiger partial charge in [-0.15, -0.1) is 0 Å². The zero-order valence-corrected chi connectivity index (χ0v) is 10.9. The Bertz CT molecular complexity index is 437. The van der Waals surface area contributed by atoms with Crippen molar-refractivity contribution in [3.8, 4) is 0 Å². The lowest BCUT2D eigenvalue weighted by Gasteiger charge is -2.16. The Kier molecular flexibility index (Phi) is 4.09. The summed E-state index contributed by atoms with van der Waals surface area (Å²) in [6.07, 6.45) is 2.05. The number of sulfonamides is 1. The molecule has 1 aromatic rings. The smallest absolute Gasteiger partial charge is 0.257 e. The Hall–Kier alpha value is -0.880. The van der Waals surface area contributed by atoms with Gasteiger partial charge in [0.25, 0.3) is 10.0 Å². The maximum atomic E-state index is 11.9. The first kappa shape index (κ1) is 13.2. The average Bonchev–Trinajstić information content (AvgIpc) is 2.65. The molecule has 0 aliphatic carbocycles. The van der Waals surface area contributed by atoms with Crippen LogP contribution in [0.3, 0.4) is 0 Å². The van der Waals surface area contributed by atoms with Crippen LogP contribution in [0.1, 0.15) is 33.5 Å². The van der Waals surface area contributed by atoms with Gasteiger partial charge in [-0.05, 0) is 12.8 Å². The highest BCUT2D eigenvalue weighted by Gasteiger charge is 2.20. The fraction of sp³-hybridized carbons (Fsp3) is 0.700. The maximum absolute atomic E-state index is 11.9. The van der Waals surface area contributed by atoms with Crippen LogP contribution >= 0.6 is 0 Å². The molecule has 0 radical (unpaired) electrons. The molecule has 0 bridgehead atoms. The first-order chi connectivity index (χ1) is 7.36. The first-order valence-corrected chi connectivity index (χ1v) is 6.91. The van der Waals surface area contributed by atoms with Crippen molar-refractivity contribution in [2.24, 2.45) is 5.92 Å². The van der Waals surface area contributed by atoms with Gasteiger partial charge in [-0.1, -0.05) is 20.8 Å². The van der Waals surface area contributed by atoms with E-state index in [0.717, 1.165) is 0 Å². The van der Waals surface area contributed by atoms with Gasteiger partial charge in [0.2, 0.25) is 0 Å². The van der Waals surface area contributed by atoms with Crippen LogP contribution in [-0.2, 0) is 16.4 Å². The lowest BCUT2D eigenvalue weighted by Crippen LogP contribution is -2.36. The molecular weight excluding hydrogens is 226 g/mol. The SMILES string of the molecule is CCc1ncc(S(=O)(=O)NC(C)C(C)C)[nH]1. The molecule has 1 aromatic heterocycles. The van der Waals surface area contributed by atoms with Gasteiger partial charge < -0.3 is 4.98 Å². The fourth-order valence-corrected chi connectivity index (χ4v) is 2.44. The molecule has 0 saturated heterocycles. The molecule has 2 N–H and O–H groups in total. The van der Waals surface area contributed by atoms with Crippen molar-refractivity contribution in [1.29, 1.82) is 0 Å². The summed E-state index contributed by atoms with van der Waals surface area (Å²) in [5.41, 5.74) is 0. The molecule has 5 nitrogen and oxygen atoms in total. The molecule has 0 aliphatic rings. The van der Waals surface area contributed by atoms with E-state index in [1.807, 2.05) is 27.7 Å². The van der Waals surface area contributed by atoms with Gasteiger partial charge >= 0.3 is 0 Å². The Labute approximate surface area is 96.7 Å². The van der Waals surface area contributed by atoms with E-state index >= 15 is 0 Å². The van der Waals surface area contributed by atoms with Crippen molar-refractivity contribution in [3.05, 3.63) is 12.0 Å². The molecule has 1 rings (SSSR count). The van der Waals surface area contributed by atoms with Crippen molar-refractivity contribution < 1.29 is 8.42 Å². The predicted molar refractivity (Wildman–Crippen MR) is 62.6 cm³/mol. The minimum atomic E-state index is -3.46. The summed E-state index contributed by atoms with van der Waals surface area (Å²) in [4.78, 5) is 6.76. The van der Waals surface area contributed by atoms with E-state index in [2.05, 4.69) is 14.7 Å². The highest BCUT2D eigenvalue weighted by atomic mass is 32.2. The first-order valence-electron chi connectivity index (χ1n) is 5.43. The van der Waals surface area contributed by atoms with E-state index in [9.17, 15) is 8.42 Å². The highest BCUT2D eigenvalue weighted by molar-refractivity contribution is 7.89. The standard InChI is InChI=1S/C10H19N3O2S/c1-5-9-11-6-10(12-9)16(14,15)13-8(4)7(2)3/h6-8,13H,5H2,1-4H3,(H,11,12). The van der Waals surface area contributed by atoms with Crippen LogP contribution in [-0.4, -0.2) is 24.4 Å². The number of nitrogens with zero attached hydrogens (tertiary/aromatic N) is 1. The van der Waals surface area contributed by atoms with Gasteiger partial charge in [-0.2, -0.15) is 0 Å². The number of aromatic nitrogens is 2. The number of hydrogen-bond donors (Lipinski definition) is 2. The van der Waals surface area contributed by atoms with Crippen molar-refractivity contribution >= 4 is 10.0 Å². The van der Waals surface area contributed by atoms with Crippen LogP contribution in [0.5, 0.6) is 0 Å². The number of H-pyrrole nitrogens is 1. The van der Waals surface area contributed by atoms with E-state index < -0.39 is 10.0 Å². The molecule has 0 aromatic carbocycles. The molecule has 0 fully saturated rings. The van der Waals surface area contributed by atoms with E-state index in [1.165, 1.54) is 6.20 Å². The fourth-order valence-electron chi connectivity index (χ4n) is 1.10. The van der Waals surface area contributed by atoms with Crippen molar-refractivity contribution in [2.45, 2.75) is 45.2 Å². The lowest BCUT2D eigenvalue weighted by molar-refractivity contribution is 0.475. The van der Waals surface area contributed by atoms with Gasteiger partial charge in [0.1, 0.15) is 5.82 Å². The van der Waals surface area contributed by atoms with Crippen LogP contribution in [0, 0.1) is 5.92 Å². The summed E-state index contributed by atoms with van der Waals surface area (Å²) in [7, 11) is -3.46. The predicted octanol–water partition coefficient (Wildman–Crippen LogP) is 1.29. The number of imidazole rings is 1. The molecule has 0 aliphatic heterocycles. The lowest BCUT2D eigenvalue weighted by atomic mass is 10.1. The third-order valence-electron chi connectivity index (χ3n) is 2.57. The number of rotatable bonds is 5. The zero-order valence-electron chi connectivity index (χ0n) is 10.1. The second kappa shape index (κ2) is 4.97. The summed E-state index contributed by atoms with van der Waals surface area (Å²) in [6, 6.07) is -0.0987. The molecule has 92 valence electrons. The number of aryl methyl sites for hydroxylation is 1. The Morgan fingerprint density at radius 2 is 2.06 bits per heavy atom. The number of nitrogens with one attached hydrogen (secondary N) is 2. The summed E-state index contributed by atoms with van der Waals surface area (Å²) >= 11 is 0. The van der Waals surface area contributed by atoms with Crippen LogP contribution in [0.2, 0.25) is 0 Å². The molecule has 16 heavy (non-hydrogen) atoms. The van der Waals surface area contributed by atoms with E-state index in [0.29, 0.717) is 12.2 Å². The largest absolute Gasteiger partial charge is 0.332 e. The zero-order chi connectivity index (χ0) is 12.3. The minimum absolute atomic E-state index is 0.0987. The highest BCUT2D eigenvalue weighted by Crippen LogP contribution is 2.09. The number of hydrogen-bond acceptors (Lipinski definition) is 3. The second-order valence-corrected chi connectivity index (χ2v) is 5.88. The Morgan fingerprint density at radius 3 is 2.50 bits per heavy atom. The molecule has 1 heterocycles. The van der Waals surface area contributed by atoms with Crippen LogP contribution in [0.25, 0.3) is 0 Å². The third kappa shape index (κ3) is 3.05. The van der Waals surface area contributed by atoms with Gasteiger partial charge in [0.15, 0.2) is 5.03 Å². The van der Waals surface area contributed by atoms with Crippen molar-refractivity contribution in [2.75, 3.05) is 0 Å². The normalized spacial score (nSPS) is 14.3. The van der Waals surface area contributed by atoms with Gasteiger partial charge in [-0.3, -0.25) is 0 Å². The van der Waals surface area contributed by atoms with Gasteiger partial charge in [0, 0.05) is 12.5 Å². The summed E-state index contributed by atoms with van der Waals surface area (Å²) in [6.45, 7) is 7.70. The van der Waals surface area contributed by atoms with Crippen LogP contribution in [0.4, 0.5) is 0 Å². The van der Waals surface area contributed by atoms with Crippen LogP contribution < -0.4 is 4.72 Å². The summed E-state index contributed by atoms with van der Waals surface area (Å²) in [5, 5.41) is 0.136. The molecule has 0 spiro atoms. The molecule has 0 amide bonds. The Morgan fingerprint density at radius 1 is 1.44 bits per heavy atom. The summed E-state index contributed by atoms with van der Waals surface area (Å²) in [5.74, 6) is 0.931. The van der Waals surface area contributed by atoms with E-state index in [1.54, 1.807) is 0 Å². The minimum Gasteiger partial charge on any atom is -0.332 e. The molecular formula is C10H19N3O2S. The van der Waals surface area contributed by atoms with Gasteiger partial charge in [0.05, 0.1) is 6.20 Å². The topological polar surface area (TPSA) is 74.8 Å². The molecule has 1 atom stereocenters. The average molecular weight is 245 g/mol. The Balaban J connectivity index is 2.86.